The molecule has 10 nitrogen and oxygen atoms in total. The summed E-state index contributed by atoms with van der Waals surface area (Å²) in [6, 6.07) is 9.71. The molecule has 0 aliphatic rings. The van der Waals surface area contributed by atoms with E-state index in [1.54, 1.807) is 24.3 Å². The van der Waals surface area contributed by atoms with Crippen LogP contribution in [0.2, 0.25) is 5.02 Å². The Bertz CT molecular complexity index is 1620. The van der Waals surface area contributed by atoms with Crippen molar-refractivity contribution in [3.8, 4) is 0 Å². The number of carbonyl (C=O) groups is 2. The van der Waals surface area contributed by atoms with Gasteiger partial charge >= 0.3 is 5.69 Å². The van der Waals surface area contributed by atoms with E-state index in [-0.39, 0.29) is 40.7 Å². The van der Waals surface area contributed by atoms with Crippen LogP contribution in [-0.2, 0) is 17.9 Å². The molecule has 0 spiro atoms. The van der Waals surface area contributed by atoms with Gasteiger partial charge in [0, 0.05) is 18.2 Å². The molecular formula is C25H27ClN6O4. The second kappa shape index (κ2) is 9.98. The van der Waals surface area contributed by atoms with Gasteiger partial charge in [-0.15, -0.1) is 5.10 Å². The highest BCUT2D eigenvalue weighted by molar-refractivity contribution is 6.33. The molecule has 2 amide bonds. The maximum absolute atomic E-state index is 13.4. The lowest BCUT2D eigenvalue weighted by Crippen LogP contribution is -2.31. The summed E-state index contributed by atoms with van der Waals surface area (Å²) >= 11 is 6.21. The SMILES string of the molecule is CCCn1c(=O)c2ccc(C(=O)NC(C)C)cc2n2c(=O)n(CC(=O)Nc3ccc(C)cc3Cl)nc12. The Morgan fingerprint density at radius 2 is 1.86 bits per heavy atom. The van der Waals surface area contributed by atoms with E-state index >= 15 is 0 Å². The van der Waals surface area contributed by atoms with Crippen molar-refractivity contribution >= 4 is 45.8 Å². The van der Waals surface area contributed by atoms with Gasteiger partial charge in [-0.3, -0.25) is 19.0 Å². The van der Waals surface area contributed by atoms with Crippen LogP contribution in [0.1, 0.15) is 43.1 Å². The van der Waals surface area contributed by atoms with Crippen LogP contribution >= 0.6 is 11.6 Å². The van der Waals surface area contributed by atoms with E-state index in [2.05, 4.69) is 15.7 Å². The quantitative estimate of drug-likeness (QED) is 0.396. The zero-order valence-electron chi connectivity index (χ0n) is 20.5. The van der Waals surface area contributed by atoms with E-state index in [1.165, 1.54) is 21.1 Å². The first-order valence-corrected chi connectivity index (χ1v) is 12.0. The summed E-state index contributed by atoms with van der Waals surface area (Å²) in [5.41, 5.74) is 0.971. The number of nitrogens with zero attached hydrogens (tertiary/aromatic N) is 4. The van der Waals surface area contributed by atoms with Gasteiger partial charge in [0.25, 0.3) is 11.5 Å². The average Bonchev–Trinajstić information content (AvgIpc) is 3.13. The number of nitrogens with one attached hydrogen (secondary N) is 2. The van der Waals surface area contributed by atoms with E-state index in [4.69, 9.17) is 11.6 Å². The van der Waals surface area contributed by atoms with Gasteiger partial charge < -0.3 is 10.6 Å². The van der Waals surface area contributed by atoms with Crippen LogP contribution in [-0.4, -0.2) is 36.6 Å². The zero-order chi connectivity index (χ0) is 26.1. The molecule has 0 saturated carbocycles. The second-order valence-corrected chi connectivity index (χ2v) is 9.33. The third-order valence-corrected chi connectivity index (χ3v) is 5.91. The number of aryl methyl sites for hydroxylation is 2. The first-order valence-electron chi connectivity index (χ1n) is 11.6. The van der Waals surface area contributed by atoms with Gasteiger partial charge in [-0.1, -0.05) is 24.6 Å². The lowest BCUT2D eigenvalue weighted by molar-refractivity contribution is -0.117. The Kier molecular flexibility index (Phi) is 6.98. The van der Waals surface area contributed by atoms with Gasteiger partial charge in [0.05, 0.1) is 21.6 Å². The van der Waals surface area contributed by atoms with Crippen LogP contribution in [0.25, 0.3) is 16.7 Å². The number of halogens is 1. The molecular weight excluding hydrogens is 484 g/mol. The van der Waals surface area contributed by atoms with Gasteiger partial charge in [0.1, 0.15) is 6.54 Å². The van der Waals surface area contributed by atoms with Gasteiger partial charge in [0.2, 0.25) is 11.7 Å². The van der Waals surface area contributed by atoms with Crippen molar-refractivity contribution in [1.29, 1.82) is 0 Å². The van der Waals surface area contributed by atoms with Crippen molar-refractivity contribution in [1.82, 2.24) is 24.1 Å². The lowest BCUT2D eigenvalue weighted by atomic mass is 10.1. The molecule has 2 aromatic carbocycles. The summed E-state index contributed by atoms with van der Waals surface area (Å²) < 4.78 is 3.67. The van der Waals surface area contributed by atoms with Gasteiger partial charge in [-0.25, -0.2) is 13.9 Å². The van der Waals surface area contributed by atoms with Crippen molar-refractivity contribution in [3.05, 3.63) is 73.4 Å². The number of fused-ring (bicyclic) bond motifs is 3. The molecule has 4 rings (SSSR count). The maximum atomic E-state index is 13.4. The fraction of sp³-hybridized carbons (Fsp3) is 0.320. The number of amides is 2. The summed E-state index contributed by atoms with van der Waals surface area (Å²) in [7, 11) is 0. The molecule has 2 aromatic heterocycles. The van der Waals surface area contributed by atoms with Crippen molar-refractivity contribution in [2.24, 2.45) is 0 Å². The smallest absolute Gasteiger partial charge is 0.350 e. The number of aromatic nitrogens is 4. The van der Waals surface area contributed by atoms with Crippen LogP contribution in [0.5, 0.6) is 0 Å². The Labute approximate surface area is 211 Å². The van der Waals surface area contributed by atoms with Crippen LogP contribution < -0.4 is 21.9 Å². The first-order chi connectivity index (χ1) is 17.1. The summed E-state index contributed by atoms with van der Waals surface area (Å²) in [5, 5.41) is 10.5. The van der Waals surface area contributed by atoms with Crippen molar-refractivity contribution in [2.45, 2.75) is 53.2 Å². The third-order valence-electron chi connectivity index (χ3n) is 5.60. The number of rotatable bonds is 7. The highest BCUT2D eigenvalue weighted by atomic mass is 35.5. The fourth-order valence-electron chi connectivity index (χ4n) is 3.98. The minimum Gasteiger partial charge on any atom is -0.350 e. The maximum Gasteiger partial charge on any atom is 0.352 e. The van der Waals surface area contributed by atoms with E-state index in [9.17, 15) is 19.2 Å². The third kappa shape index (κ3) is 4.76. The molecule has 2 heterocycles. The molecule has 0 unspecified atom stereocenters. The molecule has 0 saturated heterocycles. The molecule has 0 aliphatic heterocycles. The predicted molar refractivity (Wildman–Crippen MR) is 139 cm³/mol. The number of hydrogen-bond acceptors (Lipinski definition) is 5. The Hall–Kier alpha value is -3.92. The highest BCUT2D eigenvalue weighted by Gasteiger charge is 2.20. The number of anilines is 1. The largest absolute Gasteiger partial charge is 0.352 e. The zero-order valence-corrected chi connectivity index (χ0v) is 21.2. The standard InChI is InChI=1S/C25H27ClN6O4/c1-5-10-30-23(35)17-8-7-16(22(34)27-14(2)3)12-20(17)32-24(30)29-31(25(32)36)13-21(33)28-19-9-6-15(4)11-18(19)26/h6-9,11-12,14H,5,10,13H2,1-4H3,(H,27,34)(H,28,33). The number of carbonyl (C=O) groups excluding carboxylic acids is 2. The number of benzene rings is 2. The van der Waals surface area contributed by atoms with Gasteiger partial charge in [0.15, 0.2) is 0 Å². The predicted octanol–water partition coefficient (Wildman–Crippen LogP) is 2.96. The van der Waals surface area contributed by atoms with Crippen molar-refractivity contribution < 1.29 is 9.59 Å². The van der Waals surface area contributed by atoms with Gasteiger partial charge in [-0.2, -0.15) is 0 Å². The van der Waals surface area contributed by atoms with Crippen molar-refractivity contribution in [2.75, 3.05) is 5.32 Å². The molecule has 0 atom stereocenters. The van der Waals surface area contributed by atoms with Crippen LogP contribution in [0.15, 0.2) is 46.0 Å². The molecule has 36 heavy (non-hydrogen) atoms. The average molecular weight is 511 g/mol. The molecule has 4 aromatic rings. The summed E-state index contributed by atoms with van der Waals surface area (Å²) in [4.78, 5) is 52.0. The molecule has 11 heteroatoms. The minimum absolute atomic E-state index is 0.0863. The summed E-state index contributed by atoms with van der Waals surface area (Å²) in [6.45, 7) is 7.40. The summed E-state index contributed by atoms with van der Waals surface area (Å²) in [5.74, 6) is -0.730. The molecule has 2 N–H and O–H groups in total. The van der Waals surface area contributed by atoms with E-state index in [0.29, 0.717) is 29.2 Å². The summed E-state index contributed by atoms with van der Waals surface area (Å²) in [6.07, 6.45) is 0.628. The van der Waals surface area contributed by atoms with E-state index < -0.39 is 11.6 Å². The molecule has 0 fully saturated rings. The molecule has 0 radical (unpaired) electrons. The molecule has 0 aliphatic carbocycles. The normalized spacial score (nSPS) is 11.4. The lowest BCUT2D eigenvalue weighted by Gasteiger charge is -2.11. The van der Waals surface area contributed by atoms with E-state index in [0.717, 1.165) is 10.2 Å². The highest BCUT2D eigenvalue weighted by Crippen LogP contribution is 2.22. The van der Waals surface area contributed by atoms with Crippen LogP contribution in [0.3, 0.4) is 0 Å². The minimum atomic E-state index is -0.605. The molecule has 0 bridgehead atoms. The fourth-order valence-corrected chi connectivity index (χ4v) is 4.26. The van der Waals surface area contributed by atoms with Gasteiger partial charge in [-0.05, 0) is 63.1 Å². The van der Waals surface area contributed by atoms with Crippen molar-refractivity contribution in [3.63, 3.8) is 0 Å². The van der Waals surface area contributed by atoms with Crippen LogP contribution in [0.4, 0.5) is 5.69 Å². The number of hydrogen-bond donors (Lipinski definition) is 2. The van der Waals surface area contributed by atoms with Crippen LogP contribution in [0, 0.1) is 6.92 Å². The molecule has 188 valence electrons. The monoisotopic (exact) mass is 510 g/mol. The topological polar surface area (TPSA) is 120 Å². The van der Waals surface area contributed by atoms with E-state index in [1.807, 2.05) is 27.7 Å². The Morgan fingerprint density at radius 1 is 1.11 bits per heavy atom. The first kappa shape index (κ1) is 25.2. The Morgan fingerprint density at radius 3 is 2.53 bits per heavy atom. The second-order valence-electron chi connectivity index (χ2n) is 8.92. The Balaban J connectivity index is 1.83.